The molecular weight excluding hydrogens is 226 g/mol. The molecule has 1 aromatic rings. The molecule has 3 nitrogen and oxygen atoms in total. The van der Waals surface area contributed by atoms with Crippen LogP contribution in [0.15, 0.2) is 24.3 Å². The van der Waals surface area contributed by atoms with Gasteiger partial charge in [0.25, 0.3) is 0 Å². The summed E-state index contributed by atoms with van der Waals surface area (Å²) in [5, 5.41) is 10.7. The standard InChI is InChI=1S/C15H23NO2/c1-11(2)18-14-7-5-12(6-8-14)15(17)9-3-4-13(16)10-15/h5-8,11,13,17H,3-4,9-10,16H2,1-2H3. The van der Waals surface area contributed by atoms with E-state index >= 15 is 0 Å². The molecule has 0 radical (unpaired) electrons. The summed E-state index contributed by atoms with van der Waals surface area (Å²) in [7, 11) is 0. The molecule has 18 heavy (non-hydrogen) atoms. The highest BCUT2D eigenvalue weighted by Gasteiger charge is 2.34. The van der Waals surface area contributed by atoms with Gasteiger partial charge in [-0.05, 0) is 57.2 Å². The molecule has 1 aliphatic rings. The number of ether oxygens (including phenoxy) is 1. The van der Waals surface area contributed by atoms with Gasteiger partial charge in [-0.3, -0.25) is 0 Å². The predicted octanol–water partition coefficient (Wildman–Crippen LogP) is 2.56. The summed E-state index contributed by atoms with van der Waals surface area (Å²) in [5.41, 5.74) is 6.16. The van der Waals surface area contributed by atoms with Crippen LogP contribution in [0.2, 0.25) is 0 Å². The molecule has 3 N–H and O–H groups in total. The van der Waals surface area contributed by atoms with Crippen molar-refractivity contribution < 1.29 is 9.84 Å². The summed E-state index contributed by atoms with van der Waals surface area (Å²) in [6.45, 7) is 4.00. The summed E-state index contributed by atoms with van der Waals surface area (Å²) in [6, 6.07) is 7.86. The van der Waals surface area contributed by atoms with E-state index in [1.807, 2.05) is 38.1 Å². The maximum atomic E-state index is 10.7. The Morgan fingerprint density at radius 2 is 2.00 bits per heavy atom. The van der Waals surface area contributed by atoms with E-state index in [0.717, 1.165) is 30.6 Å². The third-order valence-electron chi connectivity index (χ3n) is 3.53. The van der Waals surface area contributed by atoms with E-state index in [-0.39, 0.29) is 12.1 Å². The van der Waals surface area contributed by atoms with Crippen LogP contribution >= 0.6 is 0 Å². The summed E-state index contributed by atoms with van der Waals surface area (Å²) >= 11 is 0. The van der Waals surface area contributed by atoms with Crippen LogP contribution in [0.5, 0.6) is 5.75 Å². The van der Waals surface area contributed by atoms with Crippen molar-refractivity contribution in [1.29, 1.82) is 0 Å². The molecule has 0 spiro atoms. The molecule has 0 aliphatic heterocycles. The highest BCUT2D eigenvalue weighted by atomic mass is 16.5. The van der Waals surface area contributed by atoms with E-state index in [0.29, 0.717) is 6.42 Å². The maximum absolute atomic E-state index is 10.7. The fraction of sp³-hybridized carbons (Fsp3) is 0.600. The van der Waals surface area contributed by atoms with Gasteiger partial charge < -0.3 is 15.6 Å². The summed E-state index contributed by atoms with van der Waals surface area (Å²) < 4.78 is 5.60. The molecular formula is C15H23NO2. The minimum atomic E-state index is -0.756. The Bertz CT molecular complexity index is 388. The molecule has 100 valence electrons. The molecule has 1 aromatic carbocycles. The Labute approximate surface area is 109 Å². The zero-order valence-corrected chi connectivity index (χ0v) is 11.2. The molecule has 0 amide bonds. The molecule has 0 bridgehead atoms. The first kappa shape index (κ1) is 13.4. The fourth-order valence-corrected chi connectivity index (χ4v) is 2.67. The van der Waals surface area contributed by atoms with E-state index in [9.17, 15) is 5.11 Å². The van der Waals surface area contributed by atoms with Crippen LogP contribution in [-0.2, 0) is 5.60 Å². The quantitative estimate of drug-likeness (QED) is 0.865. The molecule has 2 atom stereocenters. The zero-order chi connectivity index (χ0) is 13.2. The minimum Gasteiger partial charge on any atom is -0.491 e. The van der Waals surface area contributed by atoms with Crippen LogP contribution in [0, 0.1) is 0 Å². The molecule has 0 aromatic heterocycles. The lowest BCUT2D eigenvalue weighted by Gasteiger charge is -2.35. The average Bonchev–Trinajstić information content (AvgIpc) is 2.28. The van der Waals surface area contributed by atoms with Crippen molar-refractivity contribution in [3.63, 3.8) is 0 Å². The molecule has 2 unspecified atom stereocenters. The van der Waals surface area contributed by atoms with Gasteiger partial charge in [-0.1, -0.05) is 12.1 Å². The van der Waals surface area contributed by atoms with Gasteiger partial charge in [-0.25, -0.2) is 0 Å². The second-order valence-corrected chi connectivity index (χ2v) is 5.58. The third kappa shape index (κ3) is 3.03. The molecule has 1 aliphatic carbocycles. The lowest BCUT2D eigenvalue weighted by Crippen LogP contribution is -2.39. The van der Waals surface area contributed by atoms with E-state index < -0.39 is 5.60 Å². The first-order valence-electron chi connectivity index (χ1n) is 6.75. The van der Waals surface area contributed by atoms with Gasteiger partial charge in [-0.2, -0.15) is 0 Å². The number of aliphatic hydroxyl groups is 1. The third-order valence-corrected chi connectivity index (χ3v) is 3.53. The molecule has 0 saturated heterocycles. The molecule has 0 heterocycles. The number of benzene rings is 1. The Balaban J connectivity index is 2.13. The molecule has 3 heteroatoms. The highest BCUT2D eigenvalue weighted by molar-refractivity contribution is 5.31. The van der Waals surface area contributed by atoms with Gasteiger partial charge in [0.2, 0.25) is 0 Å². The van der Waals surface area contributed by atoms with Gasteiger partial charge in [0.05, 0.1) is 11.7 Å². The first-order chi connectivity index (χ1) is 8.49. The van der Waals surface area contributed by atoms with Crippen LogP contribution in [-0.4, -0.2) is 17.3 Å². The second kappa shape index (κ2) is 5.29. The van der Waals surface area contributed by atoms with Crippen LogP contribution in [0.1, 0.15) is 45.1 Å². The number of nitrogens with two attached hydrogens (primary N) is 1. The van der Waals surface area contributed by atoms with Gasteiger partial charge in [-0.15, -0.1) is 0 Å². The van der Waals surface area contributed by atoms with Crippen LogP contribution < -0.4 is 10.5 Å². The smallest absolute Gasteiger partial charge is 0.119 e. The fourth-order valence-electron chi connectivity index (χ4n) is 2.67. The maximum Gasteiger partial charge on any atom is 0.119 e. The normalized spacial score (nSPS) is 28.4. The largest absolute Gasteiger partial charge is 0.491 e. The summed E-state index contributed by atoms with van der Waals surface area (Å²) in [4.78, 5) is 0. The number of rotatable bonds is 3. The van der Waals surface area contributed by atoms with Crippen molar-refractivity contribution in [3.8, 4) is 5.75 Å². The van der Waals surface area contributed by atoms with E-state index in [4.69, 9.17) is 10.5 Å². The zero-order valence-electron chi connectivity index (χ0n) is 11.2. The van der Waals surface area contributed by atoms with Gasteiger partial charge in [0, 0.05) is 6.04 Å². The first-order valence-corrected chi connectivity index (χ1v) is 6.75. The highest BCUT2D eigenvalue weighted by Crippen LogP contribution is 2.37. The van der Waals surface area contributed by atoms with Gasteiger partial charge >= 0.3 is 0 Å². The van der Waals surface area contributed by atoms with Crippen molar-refractivity contribution in [1.82, 2.24) is 0 Å². The molecule has 2 rings (SSSR count). The number of hydrogen-bond donors (Lipinski definition) is 2. The minimum absolute atomic E-state index is 0.107. The van der Waals surface area contributed by atoms with Gasteiger partial charge in [0.1, 0.15) is 5.75 Å². The molecule has 1 saturated carbocycles. The van der Waals surface area contributed by atoms with E-state index in [2.05, 4.69) is 0 Å². The lowest BCUT2D eigenvalue weighted by atomic mass is 9.77. The average molecular weight is 249 g/mol. The van der Waals surface area contributed by atoms with Crippen LogP contribution in [0.3, 0.4) is 0 Å². The van der Waals surface area contributed by atoms with Crippen LogP contribution in [0.25, 0.3) is 0 Å². The van der Waals surface area contributed by atoms with E-state index in [1.54, 1.807) is 0 Å². The monoisotopic (exact) mass is 249 g/mol. The van der Waals surface area contributed by atoms with E-state index in [1.165, 1.54) is 0 Å². The van der Waals surface area contributed by atoms with Crippen molar-refractivity contribution in [2.24, 2.45) is 5.73 Å². The Hall–Kier alpha value is -1.06. The van der Waals surface area contributed by atoms with Gasteiger partial charge in [0.15, 0.2) is 0 Å². The van der Waals surface area contributed by atoms with Crippen molar-refractivity contribution in [2.45, 2.75) is 57.3 Å². The SMILES string of the molecule is CC(C)Oc1ccc(C2(O)CCCC(N)C2)cc1. The second-order valence-electron chi connectivity index (χ2n) is 5.58. The van der Waals surface area contributed by atoms with Crippen LogP contribution in [0.4, 0.5) is 0 Å². The summed E-state index contributed by atoms with van der Waals surface area (Å²) in [5.74, 6) is 0.845. The van der Waals surface area contributed by atoms with Crippen molar-refractivity contribution in [2.75, 3.05) is 0 Å². The predicted molar refractivity (Wildman–Crippen MR) is 72.5 cm³/mol. The van der Waals surface area contributed by atoms with Crippen molar-refractivity contribution in [3.05, 3.63) is 29.8 Å². The number of hydrogen-bond acceptors (Lipinski definition) is 3. The van der Waals surface area contributed by atoms with Crippen molar-refractivity contribution >= 4 is 0 Å². The Kier molecular flexibility index (Phi) is 3.93. The molecule has 1 fully saturated rings. The summed E-state index contributed by atoms with van der Waals surface area (Å²) in [6.07, 6.45) is 3.61. The topological polar surface area (TPSA) is 55.5 Å². The Morgan fingerprint density at radius 1 is 1.33 bits per heavy atom. The Morgan fingerprint density at radius 3 is 2.56 bits per heavy atom. The lowest BCUT2D eigenvalue weighted by molar-refractivity contribution is -0.00720.